The summed E-state index contributed by atoms with van der Waals surface area (Å²) in [6, 6.07) is 16.2. The van der Waals surface area contributed by atoms with Gasteiger partial charge in [-0.2, -0.15) is 0 Å². The molecule has 1 N–H and O–H groups in total. The number of carbonyl (C=O) groups is 1. The molecule has 0 bridgehead atoms. The molecule has 150 valence electrons. The lowest BCUT2D eigenvalue weighted by Gasteiger charge is -2.20. The van der Waals surface area contributed by atoms with Crippen LogP contribution in [0.1, 0.15) is 15.9 Å². The van der Waals surface area contributed by atoms with Gasteiger partial charge in [0, 0.05) is 23.3 Å². The van der Waals surface area contributed by atoms with Crippen molar-refractivity contribution in [3.05, 3.63) is 88.7 Å². The van der Waals surface area contributed by atoms with E-state index in [1.807, 2.05) is 0 Å². The van der Waals surface area contributed by atoms with E-state index in [9.17, 15) is 17.6 Å². The number of halogens is 2. The fourth-order valence-corrected chi connectivity index (χ4v) is 4.15. The molecule has 0 spiro atoms. The summed E-state index contributed by atoms with van der Waals surface area (Å²) in [6.45, 7) is 1.67. The van der Waals surface area contributed by atoms with Crippen LogP contribution in [0.3, 0.4) is 0 Å². The van der Waals surface area contributed by atoms with Crippen LogP contribution in [-0.4, -0.2) is 21.4 Å². The Balaban J connectivity index is 1.89. The molecule has 0 aromatic heterocycles. The van der Waals surface area contributed by atoms with Gasteiger partial charge in [0.15, 0.2) is 0 Å². The zero-order valence-electron chi connectivity index (χ0n) is 15.7. The van der Waals surface area contributed by atoms with Crippen molar-refractivity contribution >= 4 is 38.9 Å². The van der Waals surface area contributed by atoms with E-state index < -0.39 is 21.7 Å². The SMILES string of the molecule is Cc1cc(F)ccc1NC(=O)c1cccc(S(=O)(=O)N(C)c2cccc(Cl)c2)c1. The molecule has 0 radical (unpaired) electrons. The third kappa shape index (κ3) is 4.58. The van der Waals surface area contributed by atoms with Gasteiger partial charge in [0.05, 0.1) is 10.6 Å². The van der Waals surface area contributed by atoms with Gasteiger partial charge in [-0.25, -0.2) is 12.8 Å². The maximum absolute atomic E-state index is 13.2. The highest BCUT2D eigenvalue weighted by Crippen LogP contribution is 2.25. The average molecular weight is 433 g/mol. The highest BCUT2D eigenvalue weighted by molar-refractivity contribution is 7.92. The van der Waals surface area contributed by atoms with Crippen molar-refractivity contribution in [2.24, 2.45) is 0 Å². The highest BCUT2D eigenvalue weighted by atomic mass is 35.5. The van der Waals surface area contributed by atoms with Gasteiger partial charge in [0.1, 0.15) is 5.82 Å². The van der Waals surface area contributed by atoms with Crippen molar-refractivity contribution in [3.8, 4) is 0 Å². The van der Waals surface area contributed by atoms with E-state index in [0.717, 1.165) is 4.31 Å². The number of anilines is 2. The fraction of sp³-hybridized carbons (Fsp3) is 0.0952. The first kappa shape index (κ1) is 20.8. The van der Waals surface area contributed by atoms with Crippen LogP contribution < -0.4 is 9.62 Å². The van der Waals surface area contributed by atoms with Gasteiger partial charge in [0.25, 0.3) is 15.9 Å². The number of amides is 1. The summed E-state index contributed by atoms with van der Waals surface area (Å²) in [6.07, 6.45) is 0. The Morgan fingerprint density at radius 3 is 2.45 bits per heavy atom. The molecule has 3 aromatic rings. The Morgan fingerprint density at radius 1 is 1.03 bits per heavy atom. The zero-order chi connectivity index (χ0) is 21.2. The van der Waals surface area contributed by atoms with E-state index in [2.05, 4.69) is 5.32 Å². The molecule has 0 aliphatic carbocycles. The van der Waals surface area contributed by atoms with Crippen molar-refractivity contribution in [2.45, 2.75) is 11.8 Å². The van der Waals surface area contributed by atoms with Crippen molar-refractivity contribution in [1.82, 2.24) is 0 Å². The topological polar surface area (TPSA) is 66.5 Å². The molecule has 8 heteroatoms. The minimum atomic E-state index is -3.91. The van der Waals surface area contributed by atoms with Crippen molar-refractivity contribution in [3.63, 3.8) is 0 Å². The molecule has 0 saturated carbocycles. The summed E-state index contributed by atoms with van der Waals surface area (Å²) in [4.78, 5) is 12.5. The monoisotopic (exact) mass is 432 g/mol. The molecule has 3 rings (SSSR count). The maximum Gasteiger partial charge on any atom is 0.264 e. The van der Waals surface area contributed by atoms with Crippen LogP contribution in [0.4, 0.5) is 15.8 Å². The van der Waals surface area contributed by atoms with Crippen LogP contribution in [0.5, 0.6) is 0 Å². The second-order valence-corrected chi connectivity index (χ2v) is 8.80. The lowest BCUT2D eigenvalue weighted by Crippen LogP contribution is -2.26. The van der Waals surface area contributed by atoms with Gasteiger partial charge in [0.2, 0.25) is 0 Å². The minimum Gasteiger partial charge on any atom is -0.322 e. The number of nitrogens with one attached hydrogen (secondary N) is 1. The number of nitrogens with zero attached hydrogens (tertiary/aromatic N) is 1. The molecule has 0 aliphatic heterocycles. The number of aryl methyl sites for hydroxylation is 1. The molecule has 1 amide bonds. The Kier molecular flexibility index (Phi) is 5.91. The van der Waals surface area contributed by atoms with Crippen molar-refractivity contribution in [2.75, 3.05) is 16.7 Å². The average Bonchev–Trinajstić information content (AvgIpc) is 2.69. The standard InChI is InChI=1S/C21H18ClFN2O3S/c1-14-11-17(23)9-10-20(14)24-21(26)15-5-3-8-19(12-15)29(27,28)25(2)18-7-4-6-16(22)13-18/h3-13H,1-2H3,(H,24,26). The fourth-order valence-electron chi connectivity index (χ4n) is 2.73. The molecule has 0 atom stereocenters. The summed E-state index contributed by atoms with van der Waals surface area (Å²) in [7, 11) is -2.49. The highest BCUT2D eigenvalue weighted by Gasteiger charge is 2.22. The van der Waals surface area contributed by atoms with Gasteiger partial charge < -0.3 is 5.32 Å². The first-order valence-corrected chi connectivity index (χ1v) is 10.4. The van der Waals surface area contributed by atoms with E-state index in [1.165, 1.54) is 55.6 Å². The number of carbonyl (C=O) groups excluding carboxylic acids is 1. The van der Waals surface area contributed by atoms with E-state index in [1.54, 1.807) is 25.1 Å². The number of rotatable bonds is 5. The second kappa shape index (κ2) is 8.23. The zero-order valence-corrected chi connectivity index (χ0v) is 17.3. The second-order valence-electron chi connectivity index (χ2n) is 6.39. The van der Waals surface area contributed by atoms with Gasteiger partial charge in [-0.15, -0.1) is 0 Å². The summed E-state index contributed by atoms with van der Waals surface area (Å²) in [5.41, 5.74) is 1.56. The van der Waals surface area contributed by atoms with Crippen LogP contribution in [0.2, 0.25) is 5.02 Å². The van der Waals surface area contributed by atoms with E-state index in [4.69, 9.17) is 11.6 Å². The lowest BCUT2D eigenvalue weighted by atomic mass is 10.1. The third-order valence-corrected chi connectivity index (χ3v) is 6.38. The van der Waals surface area contributed by atoms with Gasteiger partial charge in [-0.3, -0.25) is 9.10 Å². The summed E-state index contributed by atoms with van der Waals surface area (Å²) in [5, 5.41) is 3.08. The van der Waals surface area contributed by atoms with Crippen LogP contribution in [0.15, 0.2) is 71.6 Å². The van der Waals surface area contributed by atoms with E-state index >= 15 is 0 Å². The van der Waals surface area contributed by atoms with E-state index in [-0.39, 0.29) is 10.5 Å². The van der Waals surface area contributed by atoms with Crippen LogP contribution in [0.25, 0.3) is 0 Å². The smallest absolute Gasteiger partial charge is 0.264 e. The Bertz CT molecular complexity index is 1180. The molecule has 0 unspecified atom stereocenters. The minimum absolute atomic E-state index is 0.0385. The third-order valence-electron chi connectivity index (χ3n) is 4.36. The summed E-state index contributed by atoms with van der Waals surface area (Å²) < 4.78 is 40.3. The first-order valence-electron chi connectivity index (χ1n) is 8.60. The molecule has 3 aromatic carbocycles. The Labute approximate surface area is 173 Å². The normalized spacial score (nSPS) is 11.2. The lowest BCUT2D eigenvalue weighted by molar-refractivity contribution is 0.102. The number of sulfonamides is 1. The first-order chi connectivity index (χ1) is 13.7. The van der Waals surface area contributed by atoms with Crippen molar-refractivity contribution < 1.29 is 17.6 Å². The van der Waals surface area contributed by atoms with Crippen LogP contribution in [-0.2, 0) is 10.0 Å². The molecule has 0 saturated heterocycles. The predicted octanol–water partition coefficient (Wildman–Crippen LogP) is 4.86. The quantitative estimate of drug-likeness (QED) is 0.625. The van der Waals surface area contributed by atoms with Gasteiger partial charge >= 0.3 is 0 Å². The van der Waals surface area contributed by atoms with Crippen LogP contribution in [0, 0.1) is 12.7 Å². The Hall–Kier alpha value is -2.90. The predicted molar refractivity (Wildman–Crippen MR) is 113 cm³/mol. The van der Waals surface area contributed by atoms with Gasteiger partial charge in [-0.1, -0.05) is 23.7 Å². The molecular weight excluding hydrogens is 415 g/mol. The molecule has 5 nitrogen and oxygen atoms in total. The van der Waals surface area contributed by atoms with Crippen molar-refractivity contribution in [1.29, 1.82) is 0 Å². The number of hydrogen-bond acceptors (Lipinski definition) is 3. The molecule has 29 heavy (non-hydrogen) atoms. The van der Waals surface area contributed by atoms with Gasteiger partial charge in [-0.05, 0) is 67.1 Å². The number of hydrogen-bond donors (Lipinski definition) is 1. The molecule has 0 aliphatic rings. The molecule has 0 heterocycles. The summed E-state index contributed by atoms with van der Waals surface area (Å²) >= 11 is 5.95. The maximum atomic E-state index is 13.2. The molecular formula is C21H18ClFN2O3S. The molecule has 0 fully saturated rings. The largest absolute Gasteiger partial charge is 0.322 e. The summed E-state index contributed by atoms with van der Waals surface area (Å²) in [5.74, 6) is -0.903. The van der Waals surface area contributed by atoms with E-state index in [0.29, 0.717) is 22.0 Å². The Morgan fingerprint density at radius 2 is 1.76 bits per heavy atom. The number of benzene rings is 3. The van der Waals surface area contributed by atoms with Crippen LogP contribution >= 0.6 is 11.6 Å².